The molecule has 1 amide bonds. The van der Waals surface area contributed by atoms with E-state index in [1.54, 1.807) is 0 Å². The van der Waals surface area contributed by atoms with Gasteiger partial charge in [0.25, 0.3) is 0 Å². The summed E-state index contributed by atoms with van der Waals surface area (Å²) in [5.74, 6) is 0.839. The molecule has 0 aromatic rings. The van der Waals surface area contributed by atoms with Crippen molar-refractivity contribution < 1.29 is 9.90 Å². The van der Waals surface area contributed by atoms with E-state index >= 15 is 0 Å². The lowest BCUT2D eigenvalue weighted by atomic mass is 9.82. The van der Waals surface area contributed by atoms with Gasteiger partial charge in [0.2, 0.25) is 5.91 Å². The molecule has 0 aromatic heterocycles. The van der Waals surface area contributed by atoms with Crippen LogP contribution in [-0.2, 0) is 4.79 Å². The fraction of sp³-hybridized carbons (Fsp3) is 0.933. The van der Waals surface area contributed by atoms with Gasteiger partial charge in [-0.1, -0.05) is 0 Å². The Hall–Kier alpha value is -0.610. The maximum atomic E-state index is 12.4. The predicted octanol–water partition coefficient (Wildman–Crippen LogP) is 1.48. The van der Waals surface area contributed by atoms with Crippen molar-refractivity contribution in [1.29, 1.82) is 0 Å². The molecule has 0 aromatic carbocycles. The highest BCUT2D eigenvalue weighted by molar-refractivity contribution is 5.79. The highest BCUT2D eigenvalue weighted by atomic mass is 16.3. The van der Waals surface area contributed by atoms with Gasteiger partial charge in [-0.3, -0.25) is 9.69 Å². The topological polar surface area (TPSA) is 43.8 Å². The first kappa shape index (κ1) is 14.8. The van der Waals surface area contributed by atoms with Gasteiger partial charge in [0.1, 0.15) is 0 Å². The van der Waals surface area contributed by atoms with Crippen molar-refractivity contribution in [3.8, 4) is 0 Å². The summed E-state index contributed by atoms with van der Waals surface area (Å²) in [6.07, 6.45) is 5.20. The molecule has 4 heteroatoms. The monoisotopic (exact) mass is 268 g/mol. The minimum atomic E-state index is -0.101. The Kier molecular flexibility index (Phi) is 4.85. The van der Waals surface area contributed by atoms with Crippen molar-refractivity contribution in [3.63, 3.8) is 0 Å². The zero-order chi connectivity index (χ0) is 14.0. The number of carbonyl (C=O) groups is 1. The Morgan fingerprint density at radius 2 is 1.84 bits per heavy atom. The molecule has 2 aliphatic rings. The van der Waals surface area contributed by atoms with Crippen LogP contribution in [0.4, 0.5) is 0 Å². The van der Waals surface area contributed by atoms with E-state index in [1.165, 1.54) is 6.42 Å². The fourth-order valence-electron chi connectivity index (χ4n) is 3.58. The van der Waals surface area contributed by atoms with E-state index in [-0.39, 0.29) is 12.0 Å². The number of piperidine rings is 1. The highest BCUT2D eigenvalue weighted by Crippen LogP contribution is 2.28. The molecule has 1 saturated heterocycles. The average Bonchev–Trinajstić information content (AvgIpc) is 2.26. The Morgan fingerprint density at radius 3 is 2.37 bits per heavy atom. The van der Waals surface area contributed by atoms with Gasteiger partial charge in [-0.05, 0) is 58.9 Å². The molecule has 2 atom stereocenters. The number of nitrogens with zero attached hydrogens (tertiary/aromatic N) is 2. The van der Waals surface area contributed by atoms with E-state index in [4.69, 9.17) is 0 Å². The van der Waals surface area contributed by atoms with Crippen molar-refractivity contribution in [3.05, 3.63) is 0 Å². The number of rotatable bonds is 4. The number of aliphatic hydroxyl groups is 1. The SMILES string of the molecule is CC1CCCC(C)N1C(=O)CN(C)CC1CC(O)C1. The van der Waals surface area contributed by atoms with Gasteiger partial charge in [-0.2, -0.15) is 0 Å². The molecule has 0 bridgehead atoms. The molecule has 2 unspecified atom stereocenters. The molecule has 110 valence electrons. The van der Waals surface area contributed by atoms with Gasteiger partial charge >= 0.3 is 0 Å². The number of likely N-dealkylation sites (N-methyl/N-ethyl adjacent to an activating group) is 1. The molecule has 1 aliphatic heterocycles. The van der Waals surface area contributed by atoms with E-state index in [1.807, 2.05) is 7.05 Å². The molecule has 19 heavy (non-hydrogen) atoms. The summed E-state index contributed by atoms with van der Waals surface area (Å²) < 4.78 is 0. The van der Waals surface area contributed by atoms with Crippen molar-refractivity contribution in [1.82, 2.24) is 9.80 Å². The Labute approximate surface area is 116 Å². The summed E-state index contributed by atoms with van der Waals surface area (Å²) in [5, 5.41) is 9.29. The summed E-state index contributed by atoms with van der Waals surface area (Å²) in [6, 6.07) is 0.769. The van der Waals surface area contributed by atoms with Crippen LogP contribution < -0.4 is 0 Å². The molecule has 1 saturated carbocycles. The third-order valence-electron chi connectivity index (χ3n) is 4.67. The van der Waals surface area contributed by atoms with Gasteiger partial charge in [-0.25, -0.2) is 0 Å². The lowest BCUT2D eigenvalue weighted by Crippen LogP contribution is -2.51. The van der Waals surface area contributed by atoms with Crippen LogP contribution in [-0.4, -0.2) is 59.1 Å². The fourth-order valence-corrected chi connectivity index (χ4v) is 3.58. The maximum Gasteiger partial charge on any atom is 0.237 e. The third kappa shape index (κ3) is 3.69. The normalized spacial score (nSPS) is 35.3. The number of hydrogen-bond donors (Lipinski definition) is 1. The van der Waals surface area contributed by atoms with E-state index in [0.717, 1.165) is 32.2 Å². The molecule has 0 radical (unpaired) electrons. The van der Waals surface area contributed by atoms with Crippen LogP contribution in [0.1, 0.15) is 46.0 Å². The molecule has 4 nitrogen and oxygen atoms in total. The standard InChI is InChI=1S/C15H28N2O2/c1-11-5-4-6-12(2)17(11)15(19)10-16(3)9-13-7-14(18)8-13/h11-14,18H,4-10H2,1-3H3. The van der Waals surface area contributed by atoms with Crippen LogP contribution in [0.15, 0.2) is 0 Å². The van der Waals surface area contributed by atoms with Crippen molar-refractivity contribution in [2.45, 2.75) is 64.1 Å². The minimum Gasteiger partial charge on any atom is -0.393 e. The third-order valence-corrected chi connectivity index (χ3v) is 4.67. The van der Waals surface area contributed by atoms with Gasteiger partial charge in [0, 0.05) is 18.6 Å². The Morgan fingerprint density at radius 1 is 1.26 bits per heavy atom. The zero-order valence-corrected chi connectivity index (χ0v) is 12.5. The maximum absolute atomic E-state index is 12.4. The van der Waals surface area contributed by atoms with E-state index in [2.05, 4.69) is 23.6 Å². The predicted molar refractivity (Wildman–Crippen MR) is 75.8 cm³/mol. The zero-order valence-electron chi connectivity index (χ0n) is 12.5. The highest BCUT2D eigenvalue weighted by Gasteiger charge is 2.31. The number of hydrogen-bond acceptors (Lipinski definition) is 3. The molecule has 2 fully saturated rings. The summed E-state index contributed by atoms with van der Waals surface area (Å²) in [6.45, 7) is 5.77. The van der Waals surface area contributed by atoms with Crippen LogP contribution in [0.5, 0.6) is 0 Å². The number of amides is 1. The number of likely N-dealkylation sites (tertiary alicyclic amines) is 1. The first-order chi connectivity index (χ1) is 8.97. The first-order valence-electron chi connectivity index (χ1n) is 7.65. The van der Waals surface area contributed by atoms with E-state index in [0.29, 0.717) is 24.5 Å². The minimum absolute atomic E-state index is 0.101. The number of aliphatic hydroxyl groups excluding tert-OH is 1. The Balaban J connectivity index is 1.78. The quantitative estimate of drug-likeness (QED) is 0.840. The summed E-state index contributed by atoms with van der Waals surface area (Å²) in [5.41, 5.74) is 0. The van der Waals surface area contributed by atoms with Gasteiger partial charge < -0.3 is 10.0 Å². The largest absolute Gasteiger partial charge is 0.393 e. The lowest BCUT2D eigenvalue weighted by molar-refractivity contribution is -0.138. The molecule has 1 aliphatic carbocycles. The van der Waals surface area contributed by atoms with Gasteiger partial charge in [0.05, 0.1) is 12.6 Å². The van der Waals surface area contributed by atoms with E-state index in [9.17, 15) is 9.90 Å². The number of carbonyl (C=O) groups excluding carboxylic acids is 1. The molecular formula is C15H28N2O2. The van der Waals surface area contributed by atoms with Crippen molar-refractivity contribution in [2.75, 3.05) is 20.1 Å². The second-order valence-electron chi connectivity index (χ2n) is 6.62. The van der Waals surface area contributed by atoms with Crippen molar-refractivity contribution >= 4 is 5.91 Å². The Bertz CT molecular complexity index is 305. The lowest BCUT2D eigenvalue weighted by Gasteiger charge is -2.40. The van der Waals surface area contributed by atoms with Crippen LogP contribution in [0.25, 0.3) is 0 Å². The first-order valence-corrected chi connectivity index (χ1v) is 7.65. The van der Waals surface area contributed by atoms with Gasteiger partial charge in [-0.15, -0.1) is 0 Å². The summed E-state index contributed by atoms with van der Waals surface area (Å²) in [7, 11) is 2.02. The van der Waals surface area contributed by atoms with E-state index < -0.39 is 0 Å². The second kappa shape index (κ2) is 6.23. The van der Waals surface area contributed by atoms with Crippen LogP contribution in [0.2, 0.25) is 0 Å². The average molecular weight is 268 g/mol. The smallest absolute Gasteiger partial charge is 0.237 e. The molecule has 1 heterocycles. The summed E-state index contributed by atoms with van der Waals surface area (Å²) >= 11 is 0. The van der Waals surface area contributed by atoms with Gasteiger partial charge in [0.15, 0.2) is 0 Å². The summed E-state index contributed by atoms with van der Waals surface area (Å²) in [4.78, 5) is 16.6. The molecule has 0 spiro atoms. The van der Waals surface area contributed by atoms with Crippen LogP contribution >= 0.6 is 0 Å². The molecule has 2 rings (SSSR count). The van der Waals surface area contributed by atoms with Crippen LogP contribution in [0.3, 0.4) is 0 Å². The molecule has 1 N–H and O–H groups in total. The second-order valence-corrected chi connectivity index (χ2v) is 6.62. The molecular weight excluding hydrogens is 240 g/mol. The van der Waals surface area contributed by atoms with Crippen molar-refractivity contribution in [2.24, 2.45) is 5.92 Å². The van der Waals surface area contributed by atoms with Crippen LogP contribution in [0, 0.1) is 5.92 Å².